The Hall–Kier alpha value is -4.19. The zero-order chi connectivity index (χ0) is 22.3. The predicted molar refractivity (Wildman–Crippen MR) is 121 cm³/mol. The molecule has 4 rings (SSSR count). The first-order chi connectivity index (χ1) is 15.6. The Balaban J connectivity index is 1.39. The van der Waals surface area contributed by atoms with Crippen LogP contribution in [-0.2, 0) is 11.8 Å². The summed E-state index contributed by atoms with van der Waals surface area (Å²) in [6.45, 7) is -0.153. The molecule has 6 heteroatoms. The molecule has 0 bridgehead atoms. The number of aryl methyl sites for hydroxylation is 1. The lowest BCUT2D eigenvalue weighted by molar-refractivity contribution is -0.123. The summed E-state index contributed by atoms with van der Waals surface area (Å²) in [4.78, 5) is 29.5. The van der Waals surface area contributed by atoms with E-state index in [1.54, 1.807) is 42.6 Å². The van der Waals surface area contributed by atoms with Crippen molar-refractivity contribution in [3.05, 3.63) is 120 Å². The monoisotopic (exact) mass is 425 g/mol. The Morgan fingerprint density at radius 2 is 1.53 bits per heavy atom. The molecule has 0 saturated heterocycles. The first-order valence-corrected chi connectivity index (χ1v) is 10.3. The summed E-state index contributed by atoms with van der Waals surface area (Å²) in [5, 5.41) is 3.00. The van der Waals surface area contributed by atoms with Crippen molar-refractivity contribution in [1.82, 2.24) is 14.9 Å². The number of rotatable bonds is 8. The van der Waals surface area contributed by atoms with E-state index in [2.05, 4.69) is 10.3 Å². The van der Waals surface area contributed by atoms with Gasteiger partial charge in [-0.15, -0.1) is 0 Å². The van der Waals surface area contributed by atoms with Crippen molar-refractivity contribution < 1.29 is 14.3 Å². The number of amides is 1. The minimum absolute atomic E-state index is 0.0596. The molecule has 0 spiro atoms. The summed E-state index contributed by atoms with van der Waals surface area (Å²) >= 11 is 0. The van der Waals surface area contributed by atoms with Gasteiger partial charge in [-0.05, 0) is 29.8 Å². The Labute approximate surface area is 186 Å². The molecule has 0 aliphatic rings. The third kappa shape index (κ3) is 4.92. The summed E-state index contributed by atoms with van der Waals surface area (Å²) in [5.74, 6) is 0.910. The van der Waals surface area contributed by atoms with E-state index in [4.69, 9.17) is 4.74 Å². The molecule has 6 nitrogen and oxygen atoms in total. The fourth-order valence-electron chi connectivity index (χ4n) is 3.41. The van der Waals surface area contributed by atoms with Crippen LogP contribution in [0.5, 0.6) is 5.75 Å². The van der Waals surface area contributed by atoms with E-state index < -0.39 is 6.04 Å². The molecule has 1 aromatic heterocycles. The number of nitrogens with one attached hydrogen (secondary N) is 1. The first kappa shape index (κ1) is 21.1. The van der Waals surface area contributed by atoms with Crippen LogP contribution in [0.1, 0.15) is 33.4 Å². The molecule has 1 amide bonds. The number of aromatic nitrogens is 2. The largest absolute Gasteiger partial charge is 0.484 e. The topological polar surface area (TPSA) is 73.2 Å². The summed E-state index contributed by atoms with van der Waals surface area (Å²) in [6.07, 6.45) is 3.54. The average Bonchev–Trinajstić information content (AvgIpc) is 3.27. The van der Waals surface area contributed by atoms with E-state index in [1.165, 1.54) is 0 Å². The van der Waals surface area contributed by atoms with Gasteiger partial charge in [0.2, 0.25) is 0 Å². The fraction of sp³-hybridized carbons (Fsp3) is 0.115. The highest BCUT2D eigenvalue weighted by atomic mass is 16.5. The Bertz CT molecular complexity index is 1190. The van der Waals surface area contributed by atoms with Crippen molar-refractivity contribution >= 4 is 11.7 Å². The summed E-state index contributed by atoms with van der Waals surface area (Å²) < 4.78 is 7.52. The number of carbonyl (C=O) groups excluding carboxylic acids is 2. The van der Waals surface area contributed by atoms with Crippen molar-refractivity contribution in [2.45, 2.75) is 6.04 Å². The quantitative estimate of drug-likeness (QED) is 0.434. The van der Waals surface area contributed by atoms with Gasteiger partial charge in [0.25, 0.3) is 5.91 Å². The van der Waals surface area contributed by atoms with Crippen LogP contribution < -0.4 is 10.1 Å². The van der Waals surface area contributed by atoms with Crippen LogP contribution in [0.15, 0.2) is 97.3 Å². The number of benzene rings is 3. The van der Waals surface area contributed by atoms with Gasteiger partial charge in [-0.2, -0.15) is 0 Å². The van der Waals surface area contributed by atoms with Crippen LogP contribution in [0, 0.1) is 0 Å². The molecule has 0 radical (unpaired) electrons. The molecular formula is C26H23N3O3. The van der Waals surface area contributed by atoms with Gasteiger partial charge >= 0.3 is 0 Å². The number of nitrogens with zero attached hydrogens (tertiary/aromatic N) is 2. The third-order valence-corrected chi connectivity index (χ3v) is 5.08. The lowest BCUT2D eigenvalue weighted by atomic mass is 10.0. The Morgan fingerprint density at radius 3 is 2.16 bits per heavy atom. The molecule has 0 aliphatic carbocycles. The zero-order valence-electron chi connectivity index (χ0n) is 17.6. The lowest BCUT2D eigenvalue weighted by Gasteiger charge is -2.19. The minimum Gasteiger partial charge on any atom is -0.484 e. The van der Waals surface area contributed by atoms with Gasteiger partial charge < -0.3 is 14.6 Å². The Morgan fingerprint density at radius 1 is 0.906 bits per heavy atom. The van der Waals surface area contributed by atoms with Gasteiger partial charge in [0.15, 0.2) is 12.4 Å². The van der Waals surface area contributed by atoms with Gasteiger partial charge in [-0.25, -0.2) is 4.98 Å². The van der Waals surface area contributed by atoms with Crippen LogP contribution in [0.4, 0.5) is 0 Å². The van der Waals surface area contributed by atoms with E-state index in [9.17, 15) is 9.59 Å². The molecule has 3 aromatic carbocycles. The molecule has 0 unspecified atom stereocenters. The lowest BCUT2D eigenvalue weighted by Crippen LogP contribution is -2.34. The average molecular weight is 425 g/mol. The molecule has 0 saturated carbocycles. The maximum atomic E-state index is 12.6. The van der Waals surface area contributed by atoms with Gasteiger partial charge in [0.05, 0.1) is 0 Å². The van der Waals surface area contributed by atoms with Crippen molar-refractivity contribution in [3.8, 4) is 5.75 Å². The standard InChI is InChI=1S/C26H23N3O3/c1-29-17-16-27-26(29)24(19-8-4-2-5-9-19)28-23(30)18-32-22-14-12-21(13-15-22)25(31)20-10-6-3-7-11-20/h2-17,24H,18H2,1H3,(H,28,30)/t24-/m0/s1. The second-order valence-corrected chi connectivity index (χ2v) is 7.32. The molecular weight excluding hydrogens is 402 g/mol. The van der Waals surface area contributed by atoms with Gasteiger partial charge in [0, 0.05) is 30.6 Å². The summed E-state index contributed by atoms with van der Waals surface area (Å²) in [6, 6.07) is 25.1. The van der Waals surface area contributed by atoms with Crippen LogP contribution in [-0.4, -0.2) is 27.8 Å². The number of imidazole rings is 1. The van der Waals surface area contributed by atoms with Gasteiger partial charge in [0.1, 0.15) is 17.6 Å². The molecule has 1 heterocycles. The molecule has 32 heavy (non-hydrogen) atoms. The van der Waals surface area contributed by atoms with E-state index in [-0.39, 0.29) is 18.3 Å². The molecule has 0 aliphatic heterocycles. The molecule has 0 fully saturated rings. The summed E-state index contributed by atoms with van der Waals surface area (Å²) in [5.41, 5.74) is 2.12. The second kappa shape index (κ2) is 9.75. The number of hydrogen-bond donors (Lipinski definition) is 1. The highest BCUT2D eigenvalue weighted by Gasteiger charge is 2.20. The predicted octanol–water partition coefficient (Wildman–Crippen LogP) is 3.94. The van der Waals surface area contributed by atoms with Crippen LogP contribution in [0.2, 0.25) is 0 Å². The molecule has 4 aromatic rings. The van der Waals surface area contributed by atoms with E-state index in [1.807, 2.05) is 66.3 Å². The SMILES string of the molecule is Cn1ccnc1[C@@H](NC(=O)COc1ccc(C(=O)c2ccccc2)cc1)c1ccccc1. The molecule has 1 N–H and O–H groups in total. The maximum absolute atomic E-state index is 12.6. The van der Waals surface area contributed by atoms with Crippen molar-refractivity contribution in [2.75, 3.05) is 6.61 Å². The van der Waals surface area contributed by atoms with Gasteiger partial charge in [-0.3, -0.25) is 9.59 Å². The van der Waals surface area contributed by atoms with E-state index in [0.717, 1.165) is 11.4 Å². The number of ether oxygens (including phenoxy) is 1. The number of ketones is 1. The van der Waals surface area contributed by atoms with Crippen LogP contribution in [0.3, 0.4) is 0 Å². The number of carbonyl (C=O) groups is 2. The van der Waals surface area contributed by atoms with Crippen LogP contribution >= 0.6 is 0 Å². The van der Waals surface area contributed by atoms with E-state index >= 15 is 0 Å². The van der Waals surface area contributed by atoms with Gasteiger partial charge in [-0.1, -0.05) is 60.7 Å². The summed E-state index contributed by atoms with van der Waals surface area (Å²) in [7, 11) is 1.89. The minimum atomic E-state index is -0.391. The highest BCUT2D eigenvalue weighted by molar-refractivity contribution is 6.08. The van der Waals surface area contributed by atoms with Crippen molar-refractivity contribution in [3.63, 3.8) is 0 Å². The first-order valence-electron chi connectivity index (χ1n) is 10.3. The number of hydrogen-bond acceptors (Lipinski definition) is 4. The Kier molecular flexibility index (Phi) is 6.41. The third-order valence-electron chi connectivity index (χ3n) is 5.08. The molecule has 160 valence electrons. The molecule has 1 atom stereocenters. The second-order valence-electron chi connectivity index (χ2n) is 7.32. The zero-order valence-corrected chi connectivity index (χ0v) is 17.6. The highest BCUT2D eigenvalue weighted by Crippen LogP contribution is 2.20. The van der Waals surface area contributed by atoms with Crippen molar-refractivity contribution in [1.29, 1.82) is 0 Å². The maximum Gasteiger partial charge on any atom is 0.258 e. The smallest absolute Gasteiger partial charge is 0.258 e. The van der Waals surface area contributed by atoms with Crippen LogP contribution in [0.25, 0.3) is 0 Å². The van der Waals surface area contributed by atoms with Crippen molar-refractivity contribution in [2.24, 2.45) is 7.05 Å². The normalized spacial score (nSPS) is 11.5. The van der Waals surface area contributed by atoms with E-state index in [0.29, 0.717) is 16.9 Å². The fourth-order valence-corrected chi connectivity index (χ4v) is 3.41.